The van der Waals surface area contributed by atoms with Crippen molar-refractivity contribution in [3.05, 3.63) is 18.0 Å². The molecule has 0 aliphatic carbocycles. The predicted octanol–water partition coefficient (Wildman–Crippen LogP) is -0.199. The van der Waals surface area contributed by atoms with E-state index in [-0.39, 0.29) is 6.61 Å². The van der Waals surface area contributed by atoms with Crippen LogP contribution in [0.3, 0.4) is 0 Å². The van der Waals surface area contributed by atoms with Crippen LogP contribution in [-0.2, 0) is 6.54 Å². The zero-order valence-corrected chi connectivity index (χ0v) is 10.5. The van der Waals surface area contributed by atoms with E-state index in [2.05, 4.69) is 28.0 Å². The van der Waals surface area contributed by atoms with Gasteiger partial charge in [0.25, 0.3) is 0 Å². The highest BCUT2D eigenvalue weighted by Gasteiger charge is 2.15. The maximum absolute atomic E-state index is 8.87. The molecule has 0 aromatic carbocycles. The van der Waals surface area contributed by atoms with Gasteiger partial charge in [0.05, 0.1) is 19.3 Å². The Morgan fingerprint density at radius 2 is 1.76 bits per heavy atom. The van der Waals surface area contributed by atoms with E-state index in [1.165, 1.54) is 5.56 Å². The average Bonchev–Trinajstić information content (AvgIpc) is 2.75. The lowest BCUT2D eigenvalue weighted by Crippen LogP contribution is -2.47. The minimum Gasteiger partial charge on any atom is -0.395 e. The normalized spacial score (nSPS) is 18.7. The molecular weight excluding hydrogens is 216 g/mol. The molecule has 1 aliphatic rings. The van der Waals surface area contributed by atoms with Crippen LogP contribution in [0.1, 0.15) is 5.56 Å². The van der Waals surface area contributed by atoms with Crippen LogP contribution in [-0.4, -0.2) is 70.6 Å². The zero-order valence-electron chi connectivity index (χ0n) is 10.5. The van der Waals surface area contributed by atoms with Crippen LogP contribution in [0.25, 0.3) is 0 Å². The van der Waals surface area contributed by atoms with E-state index in [9.17, 15) is 0 Å². The van der Waals surface area contributed by atoms with E-state index >= 15 is 0 Å². The topological polar surface area (TPSA) is 44.5 Å². The van der Waals surface area contributed by atoms with Gasteiger partial charge >= 0.3 is 0 Å². The van der Waals surface area contributed by atoms with Crippen molar-refractivity contribution in [1.82, 2.24) is 19.6 Å². The molecule has 1 aromatic rings. The summed E-state index contributed by atoms with van der Waals surface area (Å²) in [6.07, 6.45) is 3.99. The largest absolute Gasteiger partial charge is 0.395 e. The van der Waals surface area contributed by atoms with E-state index < -0.39 is 0 Å². The molecule has 0 bridgehead atoms. The maximum atomic E-state index is 8.87. The lowest BCUT2D eigenvalue weighted by Gasteiger charge is -2.34. The molecule has 1 saturated heterocycles. The number of hydrogen-bond donors (Lipinski definition) is 1. The standard InChI is InChI=1S/C12H22N4O/c1-12-10-13-16(11-12)7-6-14-2-4-15(5-3-14)8-9-17/h10-11,17H,2-9H2,1H3. The van der Waals surface area contributed by atoms with Gasteiger partial charge in [0.2, 0.25) is 0 Å². The SMILES string of the molecule is Cc1cnn(CCN2CCN(CCO)CC2)c1. The third-order valence-electron chi connectivity index (χ3n) is 3.29. The van der Waals surface area contributed by atoms with Gasteiger partial charge in [0.1, 0.15) is 0 Å². The Morgan fingerprint density at radius 3 is 2.29 bits per heavy atom. The highest BCUT2D eigenvalue weighted by molar-refractivity contribution is 4.99. The second-order valence-electron chi connectivity index (χ2n) is 4.69. The van der Waals surface area contributed by atoms with Crippen molar-refractivity contribution >= 4 is 0 Å². The molecule has 0 amide bonds. The number of aliphatic hydroxyl groups excluding tert-OH is 1. The molecule has 2 heterocycles. The second kappa shape index (κ2) is 6.14. The Labute approximate surface area is 103 Å². The Balaban J connectivity index is 1.68. The first-order valence-electron chi connectivity index (χ1n) is 6.32. The zero-order chi connectivity index (χ0) is 12.1. The third-order valence-corrected chi connectivity index (χ3v) is 3.29. The molecule has 0 saturated carbocycles. The van der Waals surface area contributed by atoms with Gasteiger partial charge in [-0.1, -0.05) is 0 Å². The summed E-state index contributed by atoms with van der Waals surface area (Å²) < 4.78 is 2.01. The number of aliphatic hydroxyl groups is 1. The molecule has 2 rings (SSSR count). The Kier molecular flexibility index (Phi) is 4.53. The number of β-amino-alcohol motifs (C(OH)–C–C–N with tert-alkyl or cyclic N) is 1. The molecule has 1 aromatic heterocycles. The fourth-order valence-corrected chi connectivity index (χ4v) is 2.21. The number of aryl methyl sites for hydroxylation is 1. The maximum Gasteiger partial charge on any atom is 0.0558 e. The lowest BCUT2D eigenvalue weighted by atomic mass is 10.3. The molecule has 0 unspecified atom stereocenters. The van der Waals surface area contributed by atoms with E-state index in [1.807, 2.05) is 10.9 Å². The molecule has 5 heteroatoms. The third kappa shape index (κ3) is 3.80. The molecule has 5 nitrogen and oxygen atoms in total. The van der Waals surface area contributed by atoms with Crippen LogP contribution >= 0.6 is 0 Å². The predicted molar refractivity (Wildman–Crippen MR) is 66.9 cm³/mol. The minimum absolute atomic E-state index is 0.270. The van der Waals surface area contributed by atoms with Crippen molar-refractivity contribution in [2.24, 2.45) is 0 Å². The van der Waals surface area contributed by atoms with Crippen molar-refractivity contribution in [1.29, 1.82) is 0 Å². The number of piperazine rings is 1. The first kappa shape index (κ1) is 12.5. The Morgan fingerprint density at radius 1 is 1.12 bits per heavy atom. The minimum atomic E-state index is 0.270. The van der Waals surface area contributed by atoms with Gasteiger partial charge in [-0.25, -0.2) is 0 Å². The highest BCUT2D eigenvalue weighted by atomic mass is 16.3. The van der Waals surface area contributed by atoms with E-state index in [0.717, 1.165) is 45.8 Å². The van der Waals surface area contributed by atoms with Gasteiger partial charge < -0.3 is 5.11 Å². The molecule has 0 atom stereocenters. The van der Waals surface area contributed by atoms with Crippen molar-refractivity contribution in [3.8, 4) is 0 Å². The molecule has 1 aliphatic heterocycles. The fraction of sp³-hybridized carbons (Fsp3) is 0.750. The Bertz CT molecular complexity index is 331. The highest BCUT2D eigenvalue weighted by Crippen LogP contribution is 2.02. The first-order valence-corrected chi connectivity index (χ1v) is 6.32. The number of rotatable bonds is 5. The van der Waals surface area contributed by atoms with Crippen LogP contribution in [0.15, 0.2) is 12.4 Å². The smallest absolute Gasteiger partial charge is 0.0558 e. The summed E-state index contributed by atoms with van der Waals surface area (Å²) in [5.41, 5.74) is 1.22. The summed E-state index contributed by atoms with van der Waals surface area (Å²) in [5.74, 6) is 0. The molecule has 96 valence electrons. The van der Waals surface area contributed by atoms with Crippen molar-refractivity contribution in [2.75, 3.05) is 45.9 Å². The molecule has 1 N–H and O–H groups in total. The summed E-state index contributed by atoms with van der Waals surface area (Å²) in [6, 6.07) is 0. The van der Waals surface area contributed by atoms with E-state index in [1.54, 1.807) is 0 Å². The van der Waals surface area contributed by atoms with Crippen molar-refractivity contribution < 1.29 is 5.11 Å². The summed E-state index contributed by atoms with van der Waals surface area (Å²) >= 11 is 0. The summed E-state index contributed by atoms with van der Waals surface area (Å²) in [6.45, 7) is 9.51. The molecule has 0 spiro atoms. The van der Waals surface area contributed by atoms with Gasteiger partial charge in [0.15, 0.2) is 0 Å². The number of hydrogen-bond acceptors (Lipinski definition) is 4. The van der Waals surface area contributed by atoms with Crippen molar-refractivity contribution in [3.63, 3.8) is 0 Å². The van der Waals surface area contributed by atoms with Gasteiger partial charge in [-0.15, -0.1) is 0 Å². The van der Waals surface area contributed by atoms with Crippen LogP contribution in [0.4, 0.5) is 0 Å². The molecular formula is C12H22N4O. The Hall–Kier alpha value is -0.910. The van der Waals surface area contributed by atoms with Gasteiger partial charge in [0, 0.05) is 45.5 Å². The van der Waals surface area contributed by atoms with Gasteiger partial charge in [-0.2, -0.15) is 5.10 Å². The number of aromatic nitrogens is 2. The van der Waals surface area contributed by atoms with E-state index in [4.69, 9.17) is 5.11 Å². The summed E-state index contributed by atoms with van der Waals surface area (Å²) in [5, 5.41) is 13.2. The average molecular weight is 238 g/mol. The van der Waals surface area contributed by atoms with Crippen LogP contribution < -0.4 is 0 Å². The first-order chi connectivity index (χ1) is 8.28. The second-order valence-corrected chi connectivity index (χ2v) is 4.69. The molecule has 17 heavy (non-hydrogen) atoms. The summed E-state index contributed by atoms with van der Waals surface area (Å²) in [7, 11) is 0. The molecule has 0 radical (unpaired) electrons. The van der Waals surface area contributed by atoms with E-state index in [0.29, 0.717) is 0 Å². The monoisotopic (exact) mass is 238 g/mol. The van der Waals surface area contributed by atoms with Gasteiger partial charge in [-0.05, 0) is 12.5 Å². The lowest BCUT2D eigenvalue weighted by molar-refractivity contribution is 0.109. The van der Waals surface area contributed by atoms with Crippen LogP contribution in [0.5, 0.6) is 0 Å². The summed E-state index contributed by atoms with van der Waals surface area (Å²) in [4.78, 5) is 4.78. The molecule has 1 fully saturated rings. The quantitative estimate of drug-likeness (QED) is 0.772. The van der Waals surface area contributed by atoms with Crippen LogP contribution in [0.2, 0.25) is 0 Å². The number of nitrogens with zero attached hydrogens (tertiary/aromatic N) is 4. The van der Waals surface area contributed by atoms with Crippen molar-refractivity contribution in [2.45, 2.75) is 13.5 Å². The fourth-order valence-electron chi connectivity index (χ4n) is 2.21. The van der Waals surface area contributed by atoms with Gasteiger partial charge in [-0.3, -0.25) is 14.5 Å². The van der Waals surface area contributed by atoms with Crippen LogP contribution in [0, 0.1) is 6.92 Å².